The van der Waals surface area contributed by atoms with Crippen LogP contribution in [0.15, 0.2) is 41.0 Å². The number of benzene rings is 1. The predicted molar refractivity (Wildman–Crippen MR) is 80.8 cm³/mol. The van der Waals surface area contributed by atoms with Gasteiger partial charge in [0, 0.05) is 5.02 Å². The molecule has 0 atom stereocenters. The Morgan fingerprint density at radius 3 is 2.82 bits per heavy atom. The van der Waals surface area contributed by atoms with E-state index in [-0.39, 0.29) is 13.2 Å². The van der Waals surface area contributed by atoms with E-state index in [2.05, 4.69) is 10.6 Å². The Morgan fingerprint density at radius 1 is 1.32 bits per heavy atom. The van der Waals surface area contributed by atoms with Crippen molar-refractivity contribution in [1.82, 2.24) is 10.6 Å². The number of imide groups is 1. The van der Waals surface area contributed by atoms with Crippen LogP contribution in [0.2, 0.25) is 5.02 Å². The number of ether oxygens (including phenoxy) is 1. The smallest absolute Gasteiger partial charge is 0.321 e. The molecule has 1 heterocycles. The molecule has 2 N–H and O–H groups in total. The second-order valence-electron chi connectivity index (χ2n) is 4.51. The van der Waals surface area contributed by atoms with Gasteiger partial charge in [-0.25, -0.2) is 4.79 Å². The zero-order valence-electron chi connectivity index (χ0n) is 11.9. The van der Waals surface area contributed by atoms with Gasteiger partial charge < -0.3 is 14.5 Å². The van der Waals surface area contributed by atoms with Crippen LogP contribution < -0.4 is 15.4 Å². The summed E-state index contributed by atoms with van der Waals surface area (Å²) < 4.78 is 10.4. The second-order valence-corrected chi connectivity index (χ2v) is 4.95. The summed E-state index contributed by atoms with van der Waals surface area (Å²) in [6, 6.07) is 7.87. The molecule has 2 aromatic rings. The number of halogens is 1. The van der Waals surface area contributed by atoms with Gasteiger partial charge in [-0.2, -0.15) is 0 Å². The lowest BCUT2D eigenvalue weighted by atomic mass is 10.2. The van der Waals surface area contributed by atoms with Crippen LogP contribution in [0.5, 0.6) is 5.75 Å². The van der Waals surface area contributed by atoms with Gasteiger partial charge in [0.05, 0.1) is 12.8 Å². The van der Waals surface area contributed by atoms with Crippen molar-refractivity contribution < 1.29 is 18.7 Å². The number of hydrogen-bond acceptors (Lipinski definition) is 4. The highest BCUT2D eigenvalue weighted by atomic mass is 35.5. The molecule has 2 rings (SSSR count). The van der Waals surface area contributed by atoms with Gasteiger partial charge in [-0.1, -0.05) is 11.6 Å². The van der Waals surface area contributed by atoms with E-state index in [4.69, 9.17) is 20.8 Å². The standard InChI is InChI=1S/C15H15ClN2O4/c1-10-7-11(16)4-5-13(10)22-9-14(19)18-15(20)17-8-12-3-2-6-21-12/h2-7H,8-9H2,1H3,(H2,17,18,19,20). The lowest BCUT2D eigenvalue weighted by Crippen LogP contribution is -2.41. The summed E-state index contributed by atoms with van der Waals surface area (Å²) in [4.78, 5) is 23.1. The van der Waals surface area contributed by atoms with E-state index in [1.54, 1.807) is 30.3 Å². The predicted octanol–water partition coefficient (Wildman–Crippen LogP) is 2.65. The van der Waals surface area contributed by atoms with Crippen LogP contribution >= 0.6 is 11.6 Å². The largest absolute Gasteiger partial charge is 0.483 e. The summed E-state index contributed by atoms with van der Waals surface area (Å²) in [6.45, 7) is 1.75. The molecule has 22 heavy (non-hydrogen) atoms. The molecule has 0 fully saturated rings. The lowest BCUT2D eigenvalue weighted by Gasteiger charge is -2.09. The van der Waals surface area contributed by atoms with Gasteiger partial charge in [0.2, 0.25) is 0 Å². The second kappa shape index (κ2) is 7.51. The first kappa shape index (κ1) is 15.9. The summed E-state index contributed by atoms with van der Waals surface area (Å²) >= 11 is 5.83. The van der Waals surface area contributed by atoms with Gasteiger partial charge in [-0.15, -0.1) is 0 Å². The maximum absolute atomic E-state index is 11.6. The molecule has 1 aromatic heterocycles. The van der Waals surface area contributed by atoms with E-state index < -0.39 is 11.9 Å². The number of urea groups is 1. The van der Waals surface area contributed by atoms with E-state index in [0.717, 1.165) is 5.56 Å². The van der Waals surface area contributed by atoms with Gasteiger partial charge in [0.15, 0.2) is 6.61 Å². The third kappa shape index (κ3) is 4.82. The van der Waals surface area contributed by atoms with Crippen LogP contribution in [-0.2, 0) is 11.3 Å². The Hall–Kier alpha value is -2.47. The van der Waals surface area contributed by atoms with Gasteiger partial charge in [0.1, 0.15) is 11.5 Å². The fourth-order valence-electron chi connectivity index (χ4n) is 1.71. The van der Waals surface area contributed by atoms with Gasteiger partial charge in [-0.05, 0) is 42.8 Å². The number of hydrogen-bond donors (Lipinski definition) is 2. The zero-order valence-corrected chi connectivity index (χ0v) is 12.6. The molecule has 0 aliphatic rings. The number of carbonyl (C=O) groups is 2. The van der Waals surface area contributed by atoms with Crippen LogP contribution in [0.3, 0.4) is 0 Å². The van der Waals surface area contributed by atoms with Crippen LogP contribution in [0.1, 0.15) is 11.3 Å². The number of nitrogens with one attached hydrogen (secondary N) is 2. The molecular formula is C15H15ClN2O4. The third-order valence-electron chi connectivity index (χ3n) is 2.75. The molecule has 7 heteroatoms. The fraction of sp³-hybridized carbons (Fsp3) is 0.200. The van der Waals surface area contributed by atoms with E-state index in [9.17, 15) is 9.59 Å². The third-order valence-corrected chi connectivity index (χ3v) is 2.99. The van der Waals surface area contributed by atoms with Crippen molar-refractivity contribution >= 4 is 23.5 Å². The molecule has 0 aliphatic carbocycles. The molecule has 1 aromatic carbocycles. The first-order valence-corrected chi connectivity index (χ1v) is 6.91. The average molecular weight is 323 g/mol. The number of amides is 3. The molecule has 6 nitrogen and oxygen atoms in total. The molecule has 0 aliphatic heterocycles. The molecule has 0 radical (unpaired) electrons. The van der Waals surface area contributed by atoms with Gasteiger partial charge in [0.25, 0.3) is 5.91 Å². The average Bonchev–Trinajstić information content (AvgIpc) is 2.97. The molecule has 116 valence electrons. The first-order chi connectivity index (χ1) is 10.5. The molecule has 0 saturated carbocycles. The molecule has 0 bridgehead atoms. The maximum atomic E-state index is 11.6. The zero-order chi connectivity index (χ0) is 15.9. The van der Waals surface area contributed by atoms with Crippen molar-refractivity contribution in [3.8, 4) is 5.75 Å². The highest BCUT2D eigenvalue weighted by molar-refractivity contribution is 6.30. The van der Waals surface area contributed by atoms with Crippen molar-refractivity contribution in [3.05, 3.63) is 52.9 Å². The van der Waals surface area contributed by atoms with Crippen molar-refractivity contribution in [1.29, 1.82) is 0 Å². The number of carbonyl (C=O) groups excluding carboxylic acids is 2. The Bertz CT molecular complexity index is 656. The van der Waals surface area contributed by atoms with Crippen LogP contribution in [-0.4, -0.2) is 18.5 Å². The van der Waals surface area contributed by atoms with Crippen molar-refractivity contribution in [2.45, 2.75) is 13.5 Å². The minimum Gasteiger partial charge on any atom is -0.483 e. The van der Waals surface area contributed by atoms with Crippen LogP contribution in [0.4, 0.5) is 4.79 Å². The van der Waals surface area contributed by atoms with Crippen molar-refractivity contribution in [3.63, 3.8) is 0 Å². The molecule has 0 saturated heterocycles. The van der Waals surface area contributed by atoms with Crippen LogP contribution in [0, 0.1) is 6.92 Å². The summed E-state index contributed by atoms with van der Waals surface area (Å²) in [5.41, 5.74) is 0.808. The van der Waals surface area contributed by atoms with E-state index in [1.165, 1.54) is 6.26 Å². The summed E-state index contributed by atoms with van der Waals surface area (Å²) in [5.74, 6) is 0.581. The number of rotatable bonds is 5. The summed E-state index contributed by atoms with van der Waals surface area (Å²) in [7, 11) is 0. The molecule has 0 spiro atoms. The van der Waals surface area contributed by atoms with Crippen molar-refractivity contribution in [2.75, 3.05) is 6.61 Å². The summed E-state index contributed by atoms with van der Waals surface area (Å²) in [6.07, 6.45) is 1.50. The van der Waals surface area contributed by atoms with Crippen molar-refractivity contribution in [2.24, 2.45) is 0 Å². The molecular weight excluding hydrogens is 308 g/mol. The quantitative estimate of drug-likeness (QED) is 0.886. The maximum Gasteiger partial charge on any atom is 0.321 e. The Morgan fingerprint density at radius 2 is 2.14 bits per heavy atom. The topological polar surface area (TPSA) is 80.6 Å². The minimum atomic E-state index is -0.613. The number of furan rings is 1. The normalized spacial score (nSPS) is 10.1. The van der Waals surface area contributed by atoms with E-state index in [1.807, 2.05) is 6.92 Å². The number of aryl methyl sites for hydroxylation is 1. The van der Waals surface area contributed by atoms with E-state index in [0.29, 0.717) is 16.5 Å². The fourth-order valence-corrected chi connectivity index (χ4v) is 1.93. The van der Waals surface area contributed by atoms with Gasteiger partial charge in [-0.3, -0.25) is 10.1 Å². The van der Waals surface area contributed by atoms with Crippen LogP contribution in [0.25, 0.3) is 0 Å². The molecule has 3 amide bonds. The summed E-state index contributed by atoms with van der Waals surface area (Å²) in [5, 5.41) is 5.25. The Labute approximate surface area is 132 Å². The SMILES string of the molecule is Cc1cc(Cl)ccc1OCC(=O)NC(=O)NCc1ccco1. The highest BCUT2D eigenvalue weighted by Crippen LogP contribution is 2.21. The lowest BCUT2D eigenvalue weighted by molar-refractivity contribution is -0.122. The Kier molecular flexibility index (Phi) is 5.43. The first-order valence-electron chi connectivity index (χ1n) is 6.53. The van der Waals surface area contributed by atoms with Gasteiger partial charge >= 0.3 is 6.03 Å². The minimum absolute atomic E-state index is 0.198. The molecule has 0 unspecified atom stereocenters. The van der Waals surface area contributed by atoms with E-state index >= 15 is 0 Å². The Balaban J connectivity index is 1.74. The monoisotopic (exact) mass is 322 g/mol. The highest BCUT2D eigenvalue weighted by Gasteiger charge is 2.09.